The van der Waals surface area contributed by atoms with Crippen LogP contribution in [0.4, 0.5) is 5.95 Å². The molecule has 1 atom stereocenters. The monoisotopic (exact) mass is 364 g/mol. The van der Waals surface area contributed by atoms with Crippen LogP contribution in [0.15, 0.2) is 48.9 Å². The normalized spacial score (nSPS) is 16.3. The number of amides is 1. The molecule has 8 nitrogen and oxygen atoms in total. The number of anilines is 1. The van der Waals surface area contributed by atoms with Gasteiger partial charge >= 0.3 is 0 Å². The lowest BCUT2D eigenvalue weighted by atomic mass is 10.2. The minimum atomic E-state index is -0.236. The van der Waals surface area contributed by atoms with Crippen LogP contribution in [0, 0.1) is 0 Å². The second-order valence-electron chi connectivity index (χ2n) is 6.29. The Balaban J connectivity index is 1.43. The maximum atomic E-state index is 12.5. The average molecular weight is 364 g/mol. The molecule has 3 aromatic heterocycles. The number of ether oxygens (including phenoxy) is 1. The highest BCUT2D eigenvalue weighted by molar-refractivity contribution is 5.95. The Bertz CT molecular complexity index is 927. The standard InChI is InChI=1S/C19H20N6O2/c1-27-16-5-3-9-21-17(16)18(26)23-13-7-11-25(12-13)19-22-10-6-15(24-19)14-4-2-8-20-14/h2-6,8-10,13,20H,7,11-12H2,1H3,(H,23,26). The van der Waals surface area contributed by atoms with Crippen molar-refractivity contribution >= 4 is 11.9 Å². The molecular formula is C19H20N6O2. The van der Waals surface area contributed by atoms with Crippen LogP contribution in [0.1, 0.15) is 16.9 Å². The Morgan fingerprint density at radius 1 is 1.26 bits per heavy atom. The minimum absolute atomic E-state index is 0.00181. The van der Waals surface area contributed by atoms with Crippen molar-refractivity contribution in [2.75, 3.05) is 25.1 Å². The van der Waals surface area contributed by atoms with Crippen LogP contribution >= 0.6 is 0 Å². The lowest BCUT2D eigenvalue weighted by Gasteiger charge is -2.17. The third-order valence-electron chi connectivity index (χ3n) is 4.53. The van der Waals surface area contributed by atoms with Crippen molar-refractivity contribution in [1.29, 1.82) is 0 Å². The zero-order valence-corrected chi connectivity index (χ0v) is 14.9. The van der Waals surface area contributed by atoms with Crippen molar-refractivity contribution in [2.45, 2.75) is 12.5 Å². The van der Waals surface area contributed by atoms with Gasteiger partial charge in [0.25, 0.3) is 5.91 Å². The molecule has 1 amide bonds. The van der Waals surface area contributed by atoms with E-state index < -0.39 is 0 Å². The topological polar surface area (TPSA) is 96.0 Å². The van der Waals surface area contributed by atoms with E-state index in [1.54, 1.807) is 24.5 Å². The number of aromatic nitrogens is 4. The molecule has 0 saturated carbocycles. The van der Waals surface area contributed by atoms with Gasteiger partial charge in [-0.05, 0) is 36.8 Å². The largest absolute Gasteiger partial charge is 0.494 e. The minimum Gasteiger partial charge on any atom is -0.494 e. The van der Waals surface area contributed by atoms with Gasteiger partial charge in [0.1, 0.15) is 5.75 Å². The molecule has 0 radical (unpaired) electrons. The maximum absolute atomic E-state index is 12.5. The van der Waals surface area contributed by atoms with Crippen LogP contribution in [0.2, 0.25) is 0 Å². The summed E-state index contributed by atoms with van der Waals surface area (Å²) in [5, 5.41) is 3.03. The number of nitrogens with zero attached hydrogens (tertiary/aromatic N) is 4. The van der Waals surface area contributed by atoms with Crippen molar-refractivity contribution < 1.29 is 9.53 Å². The van der Waals surface area contributed by atoms with Gasteiger partial charge in [-0.2, -0.15) is 0 Å². The smallest absolute Gasteiger partial charge is 0.274 e. The zero-order valence-electron chi connectivity index (χ0n) is 14.9. The third kappa shape index (κ3) is 3.59. The SMILES string of the molecule is COc1cccnc1C(=O)NC1CCN(c2nccc(-c3ccc[nH]3)n2)C1. The molecule has 0 spiro atoms. The molecule has 2 N–H and O–H groups in total. The van der Waals surface area contributed by atoms with Crippen LogP contribution in [-0.4, -0.2) is 52.1 Å². The van der Waals surface area contributed by atoms with E-state index in [2.05, 4.69) is 30.2 Å². The molecule has 1 aliphatic rings. The second-order valence-corrected chi connectivity index (χ2v) is 6.29. The molecule has 1 unspecified atom stereocenters. The Labute approximate surface area is 156 Å². The highest BCUT2D eigenvalue weighted by atomic mass is 16.5. The summed E-state index contributed by atoms with van der Waals surface area (Å²) in [6, 6.07) is 9.24. The molecule has 1 aliphatic heterocycles. The van der Waals surface area contributed by atoms with Crippen molar-refractivity contribution in [3.63, 3.8) is 0 Å². The fourth-order valence-corrected chi connectivity index (χ4v) is 3.18. The molecule has 0 aliphatic carbocycles. The van der Waals surface area contributed by atoms with Gasteiger partial charge in [-0.3, -0.25) is 4.79 Å². The van der Waals surface area contributed by atoms with Gasteiger partial charge in [0.15, 0.2) is 5.69 Å². The van der Waals surface area contributed by atoms with E-state index in [1.165, 1.54) is 7.11 Å². The van der Waals surface area contributed by atoms with Crippen molar-refractivity contribution in [1.82, 2.24) is 25.3 Å². The number of rotatable bonds is 5. The number of carbonyl (C=O) groups excluding carboxylic acids is 1. The van der Waals surface area contributed by atoms with Gasteiger partial charge in [-0.1, -0.05) is 0 Å². The van der Waals surface area contributed by atoms with Gasteiger partial charge in [0, 0.05) is 37.7 Å². The van der Waals surface area contributed by atoms with E-state index in [0.29, 0.717) is 23.9 Å². The molecule has 0 aromatic carbocycles. The van der Waals surface area contributed by atoms with E-state index in [-0.39, 0.29) is 11.9 Å². The van der Waals surface area contributed by atoms with E-state index in [9.17, 15) is 4.79 Å². The van der Waals surface area contributed by atoms with Crippen LogP contribution in [0.3, 0.4) is 0 Å². The molecule has 138 valence electrons. The summed E-state index contributed by atoms with van der Waals surface area (Å²) in [4.78, 5) is 30.9. The van der Waals surface area contributed by atoms with E-state index in [4.69, 9.17) is 4.74 Å². The zero-order chi connectivity index (χ0) is 18.6. The van der Waals surface area contributed by atoms with Crippen LogP contribution in [0.25, 0.3) is 11.4 Å². The molecule has 27 heavy (non-hydrogen) atoms. The third-order valence-corrected chi connectivity index (χ3v) is 4.53. The number of methoxy groups -OCH3 is 1. The quantitative estimate of drug-likeness (QED) is 0.718. The van der Waals surface area contributed by atoms with Gasteiger partial charge in [-0.15, -0.1) is 0 Å². The van der Waals surface area contributed by atoms with Gasteiger partial charge in [0.2, 0.25) is 5.95 Å². The van der Waals surface area contributed by atoms with Crippen molar-refractivity contribution in [2.24, 2.45) is 0 Å². The summed E-state index contributed by atoms with van der Waals surface area (Å²) in [7, 11) is 1.53. The van der Waals surface area contributed by atoms with Crippen molar-refractivity contribution in [3.05, 3.63) is 54.6 Å². The molecular weight excluding hydrogens is 344 g/mol. The number of hydrogen-bond donors (Lipinski definition) is 2. The van der Waals surface area contributed by atoms with Crippen molar-refractivity contribution in [3.8, 4) is 17.1 Å². The van der Waals surface area contributed by atoms with Crippen LogP contribution < -0.4 is 15.0 Å². The van der Waals surface area contributed by atoms with E-state index in [0.717, 1.165) is 24.4 Å². The summed E-state index contributed by atoms with van der Waals surface area (Å²) in [5.74, 6) is 0.890. The maximum Gasteiger partial charge on any atom is 0.274 e. The Morgan fingerprint density at radius 2 is 2.19 bits per heavy atom. The molecule has 4 heterocycles. The first kappa shape index (κ1) is 17.0. The van der Waals surface area contributed by atoms with Gasteiger partial charge in [-0.25, -0.2) is 15.0 Å². The first-order valence-corrected chi connectivity index (χ1v) is 8.76. The number of aromatic amines is 1. The van der Waals surface area contributed by atoms with E-state index in [1.807, 2.05) is 24.4 Å². The number of carbonyl (C=O) groups is 1. The average Bonchev–Trinajstić information content (AvgIpc) is 3.40. The molecule has 1 saturated heterocycles. The Morgan fingerprint density at radius 3 is 3.00 bits per heavy atom. The van der Waals surface area contributed by atoms with Gasteiger partial charge < -0.3 is 19.9 Å². The lowest BCUT2D eigenvalue weighted by molar-refractivity contribution is 0.0932. The fourth-order valence-electron chi connectivity index (χ4n) is 3.18. The lowest BCUT2D eigenvalue weighted by Crippen LogP contribution is -2.37. The summed E-state index contributed by atoms with van der Waals surface area (Å²) < 4.78 is 5.21. The highest BCUT2D eigenvalue weighted by Crippen LogP contribution is 2.21. The predicted octanol–water partition coefficient (Wildman–Crippen LogP) is 1.88. The van der Waals surface area contributed by atoms with Crippen LogP contribution in [0.5, 0.6) is 5.75 Å². The molecule has 4 rings (SSSR count). The summed E-state index contributed by atoms with van der Waals surface area (Å²) >= 11 is 0. The fraction of sp³-hybridized carbons (Fsp3) is 0.263. The highest BCUT2D eigenvalue weighted by Gasteiger charge is 2.27. The van der Waals surface area contributed by atoms with Crippen LogP contribution in [-0.2, 0) is 0 Å². The molecule has 3 aromatic rings. The number of H-pyrrole nitrogens is 1. The number of hydrogen-bond acceptors (Lipinski definition) is 6. The van der Waals surface area contributed by atoms with Gasteiger partial charge in [0.05, 0.1) is 18.5 Å². The summed E-state index contributed by atoms with van der Waals surface area (Å²) in [6.45, 7) is 1.42. The Kier molecular flexibility index (Phi) is 4.69. The number of nitrogens with one attached hydrogen (secondary N) is 2. The summed E-state index contributed by atoms with van der Waals surface area (Å²) in [5.41, 5.74) is 2.09. The first-order valence-electron chi connectivity index (χ1n) is 8.76. The molecule has 0 bridgehead atoms. The predicted molar refractivity (Wildman–Crippen MR) is 101 cm³/mol. The second kappa shape index (κ2) is 7.45. The first-order chi connectivity index (χ1) is 13.2. The number of pyridine rings is 1. The summed E-state index contributed by atoms with van der Waals surface area (Å²) in [6.07, 6.45) is 6.02. The Hall–Kier alpha value is -3.42. The van der Waals surface area contributed by atoms with E-state index >= 15 is 0 Å². The molecule has 8 heteroatoms. The molecule has 1 fully saturated rings.